The highest BCUT2D eigenvalue weighted by molar-refractivity contribution is 7.89. The van der Waals surface area contributed by atoms with Gasteiger partial charge in [-0.1, -0.05) is 36.2 Å². The number of morpholine rings is 1. The first-order chi connectivity index (χ1) is 25.0. The Labute approximate surface area is 305 Å². The maximum atomic E-state index is 14.7. The second-order valence-electron chi connectivity index (χ2n) is 13.5. The van der Waals surface area contributed by atoms with Crippen LogP contribution in [0.15, 0.2) is 71.8 Å². The summed E-state index contributed by atoms with van der Waals surface area (Å²) in [6.45, 7) is 1.67. The van der Waals surface area contributed by atoms with E-state index in [-0.39, 0.29) is 78.1 Å². The van der Waals surface area contributed by atoms with Crippen molar-refractivity contribution in [2.45, 2.75) is 43.0 Å². The SMILES string of the molecule is NCC1CCCC(CN2C(=O)C(Cc3c[nH]c4ccccc34)N(S(=O)(=O)c3ccc(Oc4ccc(F)c(Cl)c4)c(C(=O)N4CCOCC4)c3)C2=O)C1. The summed E-state index contributed by atoms with van der Waals surface area (Å²) in [6, 6.07) is 12.5. The zero-order valence-electron chi connectivity index (χ0n) is 28.3. The van der Waals surface area contributed by atoms with Gasteiger partial charge in [-0.15, -0.1) is 0 Å². The molecule has 274 valence electrons. The van der Waals surface area contributed by atoms with Gasteiger partial charge in [-0.25, -0.2) is 21.9 Å². The van der Waals surface area contributed by atoms with Gasteiger partial charge in [0.25, 0.3) is 21.8 Å². The first kappa shape index (κ1) is 35.9. The Bertz CT molecular complexity index is 2120. The molecule has 7 rings (SSSR count). The molecule has 3 N–H and O–H groups in total. The van der Waals surface area contributed by atoms with E-state index >= 15 is 0 Å². The zero-order chi connectivity index (χ0) is 36.6. The highest BCUT2D eigenvalue weighted by Crippen LogP contribution is 2.37. The van der Waals surface area contributed by atoms with Gasteiger partial charge < -0.3 is 25.1 Å². The van der Waals surface area contributed by atoms with Crippen LogP contribution in [-0.2, 0) is 26.0 Å². The number of fused-ring (bicyclic) bond motifs is 1. The summed E-state index contributed by atoms with van der Waals surface area (Å²) in [4.78, 5) is 47.8. The number of para-hydroxylation sites is 1. The van der Waals surface area contributed by atoms with Crippen LogP contribution in [0.4, 0.5) is 9.18 Å². The molecule has 15 heteroatoms. The predicted octanol–water partition coefficient (Wildman–Crippen LogP) is 5.55. The molecule has 0 radical (unpaired) electrons. The summed E-state index contributed by atoms with van der Waals surface area (Å²) in [5.74, 6) is -1.44. The first-order valence-corrected chi connectivity index (χ1v) is 19.2. The first-order valence-electron chi connectivity index (χ1n) is 17.3. The molecule has 2 aliphatic heterocycles. The van der Waals surface area contributed by atoms with Crippen molar-refractivity contribution in [2.75, 3.05) is 39.4 Å². The molecule has 52 heavy (non-hydrogen) atoms. The van der Waals surface area contributed by atoms with Crippen LogP contribution in [0, 0.1) is 17.7 Å². The van der Waals surface area contributed by atoms with Crippen LogP contribution in [0.1, 0.15) is 41.6 Å². The lowest BCUT2D eigenvalue weighted by molar-refractivity contribution is -0.128. The van der Waals surface area contributed by atoms with Gasteiger partial charge >= 0.3 is 6.03 Å². The number of imide groups is 1. The minimum absolute atomic E-state index is 0.00864. The number of hydrogen-bond donors (Lipinski definition) is 2. The van der Waals surface area contributed by atoms with Gasteiger partial charge in [0.2, 0.25) is 0 Å². The third kappa shape index (κ3) is 6.99. The third-order valence-electron chi connectivity index (χ3n) is 10.2. The summed E-state index contributed by atoms with van der Waals surface area (Å²) in [7, 11) is -4.73. The highest BCUT2D eigenvalue weighted by atomic mass is 35.5. The number of carbonyl (C=O) groups excluding carboxylic acids is 3. The average Bonchev–Trinajstić information content (AvgIpc) is 3.67. The smallest absolute Gasteiger partial charge is 0.341 e. The molecule has 4 amide bonds. The van der Waals surface area contributed by atoms with Gasteiger partial charge in [0, 0.05) is 49.2 Å². The largest absolute Gasteiger partial charge is 0.456 e. The number of benzene rings is 3. The molecule has 4 aromatic rings. The lowest BCUT2D eigenvalue weighted by Crippen LogP contribution is -2.42. The Kier molecular flexibility index (Phi) is 10.3. The second-order valence-corrected chi connectivity index (χ2v) is 15.7. The van der Waals surface area contributed by atoms with E-state index < -0.39 is 39.7 Å². The lowest BCUT2D eigenvalue weighted by Gasteiger charge is -2.30. The molecule has 0 spiro atoms. The Balaban J connectivity index is 1.27. The number of ether oxygens (including phenoxy) is 2. The van der Waals surface area contributed by atoms with Crippen molar-refractivity contribution in [1.82, 2.24) is 19.1 Å². The topological polar surface area (TPSA) is 155 Å². The number of aromatic amines is 1. The van der Waals surface area contributed by atoms with Crippen molar-refractivity contribution >= 4 is 50.4 Å². The van der Waals surface area contributed by atoms with Gasteiger partial charge in [-0.2, -0.15) is 0 Å². The number of halogens is 2. The van der Waals surface area contributed by atoms with Crippen LogP contribution < -0.4 is 10.5 Å². The molecule has 3 fully saturated rings. The molecule has 3 aliphatic rings. The molecule has 3 heterocycles. The van der Waals surface area contributed by atoms with Crippen molar-refractivity contribution in [3.05, 3.63) is 88.8 Å². The summed E-state index contributed by atoms with van der Waals surface area (Å²) >= 11 is 5.97. The number of amides is 4. The van der Waals surface area contributed by atoms with Gasteiger partial charge in [-0.3, -0.25) is 14.5 Å². The fraction of sp³-hybridized carbons (Fsp3) is 0.378. The van der Waals surface area contributed by atoms with Crippen LogP contribution >= 0.6 is 11.6 Å². The number of nitrogens with zero attached hydrogens (tertiary/aromatic N) is 3. The van der Waals surface area contributed by atoms with Gasteiger partial charge in [0.05, 0.1) is 28.7 Å². The van der Waals surface area contributed by atoms with Gasteiger partial charge in [-0.05, 0) is 79.6 Å². The van der Waals surface area contributed by atoms with E-state index in [1.165, 1.54) is 29.2 Å². The van der Waals surface area contributed by atoms with Gasteiger partial charge in [0.1, 0.15) is 23.4 Å². The molecule has 0 bridgehead atoms. The quantitative estimate of drug-likeness (QED) is 0.200. The Hall–Kier alpha value is -4.50. The van der Waals surface area contributed by atoms with Crippen molar-refractivity contribution < 1.29 is 36.7 Å². The van der Waals surface area contributed by atoms with E-state index in [9.17, 15) is 27.2 Å². The summed E-state index contributed by atoms with van der Waals surface area (Å²) < 4.78 is 55.3. The summed E-state index contributed by atoms with van der Waals surface area (Å²) in [5, 5.41) is 0.602. The average molecular weight is 752 g/mol. The monoisotopic (exact) mass is 751 g/mol. The van der Waals surface area contributed by atoms with E-state index in [1.54, 1.807) is 6.20 Å². The van der Waals surface area contributed by atoms with E-state index in [1.807, 2.05) is 24.3 Å². The van der Waals surface area contributed by atoms with Crippen molar-refractivity contribution in [3.63, 3.8) is 0 Å². The fourth-order valence-corrected chi connectivity index (χ4v) is 9.14. The summed E-state index contributed by atoms with van der Waals surface area (Å²) in [6.07, 6.45) is 5.06. The number of aromatic nitrogens is 1. The molecule has 12 nitrogen and oxygen atoms in total. The molecular weight excluding hydrogens is 713 g/mol. The number of sulfonamides is 1. The zero-order valence-corrected chi connectivity index (χ0v) is 29.9. The van der Waals surface area contributed by atoms with Crippen molar-refractivity contribution in [3.8, 4) is 11.5 Å². The maximum absolute atomic E-state index is 14.7. The molecule has 1 aromatic heterocycles. The molecule has 1 aliphatic carbocycles. The number of carbonyl (C=O) groups is 3. The third-order valence-corrected chi connectivity index (χ3v) is 12.2. The number of nitrogens with two attached hydrogens (primary N) is 1. The number of rotatable bonds is 10. The second kappa shape index (κ2) is 14.9. The van der Waals surface area contributed by atoms with Crippen LogP contribution in [0.25, 0.3) is 10.9 Å². The minimum Gasteiger partial charge on any atom is -0.456 e. The molecular formula is C37H39ClFN5O7S. The fourth-order valence-electron chi connectivity index (χ4n) is 7.43. The number of H-pyrrole nitrogens is 1. The van der Waals surface area contributed by atoms with Crippen molar-refractivity contribution in [1.29, 1.82) is 0 Å². The molecule has 2 saturated heterocycles. The maximum Gasteiger partial charge on any atom is 0.341 e. The normalized spacial score (nSPS) is 21.3. The molecule has 1 saturated carbocycles. The standard InChI is InChI=1S/C37H39ClFN5O7S/c38-30-18-26(8-10-31(30)39)51-34-11-9-27(19-29(34)35(45)42-12-14-50-15-13-42)52(48,49)44-33(17-25-21-41-32-7-2-1-6-28(25)32)36(46)43(37(44)47)22-24-5-3-4-23(16-24)20-40/h1-2,6-11,18-19,21,23-24,33,41H,3-5,12-17,20,22,40H2. The van der Waals surface area contributed by atoms with E-state index in [4.69, 9.17) is 26.8 Å². The van der Waals surface area contributed by atoms with Crippen LogP contribution in [0.5, 0.6) is 11.5 Å². The van der Waals surface area contributed by atoms with Crippen LogP contribution in [-0.4, -0.2) is 90.8 Å². The van der Waals surface area contributed by atoms with E-state index in [0.717, 1.165) is 53.6 Å². The Morgan fingerprint density at radius 3 is 2.58 bits per heavy atom. The van der Waals surface area contributed by atoms with Crippen LogP contribution in [0.2, 0.25) is 5.02 Å². The highest BCUT2D eigenvalue weighted by Gasteiger charge is 2.52. The summed E-state index contributed by atoms with van der Waals surface area (Å²) in [5.41, 5.74) is 7.33. The predicted molar refractivity (Wildman–Crippen MR) is 191 cm³/mol. The van der Waals surface area contributed by atoms with Crippen molar-refractivity contribution in [2.24, 2.45) is 17.6 Å². The Morgan fingerprint density at radius 2 is 1.81 bits per heavy atom. The molecule has 3 unspecified atom stereocenters. The van der Waals surface area contributed by atoms with E-state index in [2.05, 4.69) is 4.98 Å². The number of urea groups is 1. The number of hydrogen-bond acceptors (Lipinski definition) is 8. The molecule has 3 aromatic carbocycles. The van der Waals surface area contributed by atoms with E-state index in [0.29, 0.717) is 16.4 Å². The Morgan fingerprint density at radius 1 is 1.04 bits per heavy atom. The minimum atomic E-state index is -4.73. The number of nitrogens with one attached hydrogen (secondary N) is 1. The van der Waals surface area contributed by atoms with Gasteiger partial charge in [0.15, 0.2) is 0 Å². The lowest BCUT2D eigenvalue weighted by atomic mass is 9.81. The van der Waals surface area contributed by atoms with Crippen LogP contribution in [0.3, 0.4) is 0 Å². The molecule has 3 atom stereocenters.